The molecular formula is C25H32N6O. The van der Waals surface area contributed by atoms with Gasteiger partial charge < -0.3 is 16.0 Å². The number of aliphatic imine (C=N–C) groups is 1. The predicted octanol–water partition coefficient (Wildman–Crippen LogP) is 3.78. The molecule has 0 spiro atoms. The molecule has 0 atom stereocenters. The summed E-state index contributed by atoms with van der Waals surface area (Å²) in [5.74, 6) is 0.735. The number of hydrogen-bond acceptors (Lipinski definition) is 3. The lowest BCUT2D eigenvalue weighted by Crippen LogP contribution is -2.37. The monoisotopic (exact) mass is 432 g/mol. The standard InChI is InChI=1S/C25H32N6O/c1-4-26-25(27-16-20-10-12-23(13-11-20)30-24(32)19(2)3)28-17-21-8-5-6-9-22(21)18-31-15-7-14-29-31/h5-15,19H,4,16-18H2,1-3H3,(H,30,32)(H2,26,27,28). The average molecular weight is 433 g/mol. The van der Waals surface area contributed by atoms with Crippen LogP contribution in [-0.4, -0.2) is 28.2 Å². The number of nitrogens with zero attached hydrogens (tertiary/aromatic N) is 3. The van der Waals surface area contributed by atoms with E-state index < -0.39 is 0 Å². The molecule has 0 bridgehead atoms. The van der Waals surface area contributed by atoms with Crippen LogP contribution in [0.3, 0.4) is 0 Å². The molecule has 3 rings (SSSR count). The van der Waals surface area contributed by atoms with E-state index in [2.05, 4.69) is 46.2 Å². The molecule has 3 aromatic rings. The lowest BCUT2D eigenvalue weighted by atomic mass is 10.1. The van der Waals surface area contributed by atoms with E-state index in [1.54, 1.807) is 6.20 Å². The van der Waals surface area contributed by atoms with Gasteiger partial charge in [0.25, 0.3) is 0 Å². The summed E-state index contributed by atoms with van der Waals surface area (Å²) in [6, 6.07) is 18.1. The van der Waals surface area contributed by atoms with Crippen molar-refractivity contribution in [2.75, 3.05) is 11.9 Å². The topological polar surface area (TPSA) is 83.3 Å². The van der Waals surface area contributed by atoms with Crippen molar-refractivity contribution in [1.29, 1.82) is 0 Å². The Morgan fingerprint density at radius 1 is 1.03 bits per heavy atom. The Kier molecular flexibility index (Phi) is 8.43. The third-order valence-corrected chi connectivity index (χ3v) is 4.97. The highest BCUT2D eigenvalue weighted by atomic mass is 16.1. The SMILES string of the molecule is CCNC(=NCc1ccc(NC(=O)C(C)C)cc1)NCc1ccccc1Cn1cccn1. The predicted molar refractivity (Wildman–Crippen MR) is 129 cm³/mol. The second-order valence-corrected chi connectivity index (χ2v) is 7.86. The molecule has 2 aromatic carbocycles. The van der Waals surface area contributed by atoms with Crippen molar-refractivity contribution in [2.45, 2.75) is 40.4 Å². The molecule has 7 nitrogen and oxygen atoms in total. The fraction of sp³-hybridized carbons (Fsp3) is 0.320. The van der Waals surface area contributed by atoms with Crippen LogP contribution in [0.25, 0.3) is 0 Å². The van der Waals surface area contributed by atoms with Crippen molar-refractivity contribution >= 4 is 17.6 Å². The molecule has 1 amide bonds. The van der Waals surface area contributed by atoms with Crippen LogP contribution in [0.2, 0.25) is 0 Å². The summed E-state index contributed by atoms with van der Waals surface area (Å²) in [6.45, 7) is 8.54. The van der Waals surface area contributed by atoms with Crippen LogP contribution in [0.5, 0.6) is 0 Å². The number of guanidine groups is 1. The first-order chi connectivity index (χ1) is 15.5. The van der Waals surface area contributed by atoms with E-state index in [0.717, 1.165) is 30.3 Å². The highest BCUT2D eigenvalue weighted by molar-refractivity contribution is 5.92. The molecule has 3 N–H and O–H groups in total. The smallest absolute Gasteiger partial charge is 0.226 e. The molecule has 0 fully saturated rings. The number of hydrogen-bond donors (Lipinski definition) is 3. The van der Waals surface area contributed by atoms with E-state index in [4.69, 9.17) is 4.99 Å². The quantitative estimate of drug-likeness (QED) is 0.355. The van der Waals surface area contributed by atoms with Crippen LogP contribution < -0.4 is 16.0 Å². The van der Waals surface area contributed by atoms with Crippen molar-refractivity contribution in [3.63, 3.8) is 0 Å². The molecule has 0 aliphatic carbocycles. The Morgan fingerprint density at radius 2 is 1.78 bits per heavy atom. The maximum absolute atomic E-state index is 11.8. The second-order valence-electron chi connectivity index (χ2n) is 7.86. The van der Waals surface area contributed by atoms with E-state index in [1.165, 1.54) is 11.1 Å². The summed E-state index contributed by atoms with van der Waals surface area (Å²) in [5, 5.41) is 13.9. The average Bonchev–Trinajstić information content (AvgIpc) is 3.30. The summed E-state index contributed by atoms with van der Waals surface area (Å²) < 4.78 is 1.92. The van der Waals surface area contributed by atoms with E-state index in [9.17, 15) is 4.79 Å². The van der Waals surface area contributed by atoms with Gasteiger partial charge in [0.2, 0.25) is 5.91 Å². The minimum Gasteiger partial charge on any atom is -0.357 e. The molecule has 0 unspecified atom stereocenters. The zero-order chi connectivity index (χ0) is 22.8. The van der Waals surface area contributed by atoms with Gasteiger partial charge in [-0.25, -0.2) is 4.99 Å². The fourth-order valence-electron chi connectivity index (χ4n) is 3.12. The van der Waals surface area contributed by atoms with Gasteiger partial charge in [0.05, 0.1) is 13.1 Å². The van der Waals surface area contributed by atoms with Crippen molar-refractivity contribution in [3.8, 4) is 0 Å². The Balaban J connectivity index is 1.60. The summed E-state index contributed by atoms with van der Waals surface area (Å²) in [4.78, 5) is 16.5. The van der Waals surface area contributed by atoms with E-state index in [0.29, 0.717) is 13.1 Å². The molecule has 0 saturated heterocycles. The largest absolute Gasteiger partial charge is 0.357 e. The van der Waals surface area contributed by atoms with Crippen molar-refractivity contribution in [3.05, 3.63) is 83.7 Å². The minimum absolute atomic E-state index is 0.0160. The Bertz CT molecular complexity index is 1010. The van der Waals surface area contributed by atoms with Gasteiger partial charge in [0.15, 0.2) is 5.96 Å². The molecule has 168 valence electrons. The van der Waals surface area contributed by atoms with E-state index in [-0.39, 0.29) is 11.8 Å². The fourth-order valence-corrected chi connectivity index (χ4v) is 3.12. The van der Waals surface area contributed by atoms with Gasteiger partial charge in [0.1, 0.15) is 0 Å². The van der Waals surface area contributed by atoms with Gasteiger partial charge in [-0.3, -0.25) is 9.48 Å². The van der Waals surface area contributed by atoms with Gasteiger partial charge in [-0.15, -0.1) is 0 Å². The highest BCUT2D eigenvalue weighted by Crippen LogP contribution is 2.12. The van der Waals surface area contributed by atoms with Crippen LogP contribution in [-0.2, 0) is 24.4 Å². The number of anilines is 1. The van der Waals surface area contributed by atoms with Gasteiger partial charge in [-0.1, -0.05) is 50.2 Å². The van der Waals surface area contributed by atoms with Crippen LogP contribution in [0, 0.1) is 5.92 Å². The highest BCUT2D eigenvalue weighted by Gasteiger charge is 2.07. The zero-order valence-corrected chi connectivity index (χ0v) is 19.0. The third-order valence-electron chi connectivity index (χ3n) is 4.97. The number of amides is 1. The summed E-state index contributed by atoms with van der Waals surface area (Å²) in [7, 11) is 0. The number of aromatic nitrogens is 2. The first-order valence-corrected chi connectivity index (χ1v) is 11.0. The van der Waals surface area contributed by atoms with Crippen molar-refractivity contribution in [1.82, 2.24) is 20.4 Å². The Hall–Kier alpha value is -3.61. The Morgan fingerprint density at radius 3 is 2.44 bits per heavy atom. The normalized spacial score (nSPS) is 11.4. The first kappa shape index (κ1) is 23.1. The maximum atomic E-state index is 11.8. The van der Waals surface area contributed by atoms with Gasteiger partial charge >= 0.3 is 0 Å². The van der Waals surface area contributed by atoms with Crippen molar-refractivity contribution < 1.29 is 4.79 Å². The molecule has 0 aliphatic rings. The maximum Gasteiger partial charge on any atom is 0.226 e. The number of rotatable bonds is 9. The summed E-state index contributed by atoms with van der Waals surface area (Å²) in [6.07, 6.45) is 3.76. The molecule has 0 aliphatic heterocycles. The molecular weight excluding hydrogens is 400 g/mol. The molecule has 32 heavy (non-hydrogen) atoms. The Labute approximate surface area is 190 Å². The molecule has 1 heterocycles. The van der Waals surface area contributed by atoms with E-state index >= 15 is 0 Å². The number of nitrogens with one attached hydrogen (secondary N) is 3. The van der Waals surface area contributed by atoms with E-state index in [1.807, 2.05) is 61.1 Å². The number of benzene rings is 2. The molecule has 7 heteroatoms. The van der Waals surface area contributed by atoms with Crippen molar-refractivity contribution in [2.24, 2.45) is 10.9 Å². The van der Waals surface area contributed by atoms with Crippen LogP contribution in [0.15, 0.2) is 72.0 Å². The lowest BCUT2D eigenvalue weighted by Gasteiger charge is -2.14. The lowest BCUT2D eigenvalue weighted by molar-refractivity contribution is -0.118. The van der Waals surface area contributed by atoms with Crippen LogP contribution >= 0.6 is 0 Å². The minimum atomic E-state index is -0.0438. The molecule has 0 radical (unpaired) electrons. The number of carbonyl (C=O) groups excluding carboxylic acids is 1. The summed E-state index contributed by atoms with van der Waals surface area (Å²) in [5.41, 5.74) is 4.30. The number of carbonyl (C=O) groups is 1. The first-order valence-electron chi connectivity index (χ1n) is 11.0. The second kappa shape index (κ2) is 11.7. The summed E-state index contributed by atoms with van der Waals surface area (Å²) >= 11 is 0. The third kappa shape index (κ3) is 6.97. The molecule has 0 saturated carbocycles. The van der Waals surface area contributed by atoms with Crippen LogP contribution in [0.1, 0.15) is 37.5 Å². The van der Waals surface area contributed by atoms with Gasteiger partial charge in [0, 0.05) is 37.1 Å². The van der Waals surface area contributed by atoms with Gasteiger partial charge in [-0.05, 0) is 41.8 Å². The molecule has 1 aromatic heterocycles. The van der Waals surface area contributed by atoms with Gasteiger partial charge in [-0.2, -0.15) is 5.10 Å². The van der Waals surface area contributed by atoms with Crippen LogP contribution in [0.4, 0.5) is 5.69 Å². The zero-order valence-electron chi connectivity index (χ0n) is 19.0.